The largest absolute Gasteiger partial charge is 0.0654 e. The molecule has 0 N–H and O–H groups in total. The van der Waals surface area contributed by atoms with Crippen LogP contribution in [-0.2, 0) is 6.42 Å². The van der Waals surface area contributed by atoms with E-state index in [1.54, 1.807) is 0 Å². The highest BCUT2D eigenvalue weighted by Crippen LogP contribution is 2.28. The molecule has 0 unspecified atom stereocenters. The molecule has 0 bridgehead atoms. The number of aryl methyl sites for hydroxylation is 1. The normalized spacial score (nSPS) is 11.2. The van der Waals surface area contributed by atoms with Gasteiger partial charge in [0.25, 0.3) is 0 Å². The minimum Gasteiger partial charge on any atom is -0.0654 e. The van der Waals surface area contributed by atoms with E-state index in [9.17, 15) is 0 Å². The summed E-state index contributed by atoms with van der Waals surface area (Å²) in [6.45, 7) is 2.25. The monoisotopic (exact) mass is 234 g/mol. The van der Waals surface area contributed by atoms with Crippen molar-refractivity contribution in [1.29, 1.82) is 0 Å². The Bertz CT molecular complexity index is 680. The zero-order valence-corrected chi connectivity index (χ0v) is 10.8. The Morgan fingerprint density at radius 2 is 1.56 bits per heavy atom. The van der Waals surface area contributed by atoms with Crippen LogP contribution in [0.4, 0.5) is 0 Å². The van der Waals surface area contributed by atoms with Gasteiger partial charge in [0.05, 0.1) is 0 Å². The Morgan fingerprint density at radius 1 is 0.722 bits per heavy atom. The Balaban J connectivity index is 2.26. The summed E-state index contributed by atoms with van der Waals surface area (Å²) in [7, 11) is 0. The number of benzene rings is 3. The molecule has 0 spiro atoms. The average molecular weight is 234 g/mol. The molecule has 0 aromatic heterocycles. The minimum atomic E-state index is 1.19. The second-order valence-corrected chi connectivity index (χ2v) is 4.90. The molecule has 0 heterocycles. The molecule has 0 saturated carbocycles. The van der Waals surface area contributed by atoms with Gasteiger partial charge in [0.15, 0.2) is 0 Å². The summed E-state index contributed by atoms with van der Waals surface area (Å²) in [6, 6.07) is 19.9. The zero-order chi connectivity index (χ0) is 12.4. The second-order valence-electron chi connectivity index (χ2n) is 4.90. The molecule has 90 valence electrons. The molecule has 0 radical (unpaired) electrons. The Morgan fingerprint density at radius 3 is 2.44 bits per heavy atom. The van der Waals surface area contributed by atoms with Gasteiger partial charge in [0.2, 0.25) is 0 Å². The van der Waals surface area contributed by atoms with E-state index < -0.39 is 0 Å². The lowest BCUT2D eigenvalue weighted by molar-refractivity contribution is 0.799. The SMILES string of the molecule is CCCCc1cccc2c1ccc1ccccc12. The van der Waals surface area contributed by atoms with Crippen molar-refractivity contribution >= 4 is 21.5 Å². The average Bonchev–Trinajstić information content (AvgIpc) is 2.44. The highest BCUT2D eigenvalue weighted by molar-refractivity contribution is 6.08. The minimum absolute atomic E-state index is 1.19. The fraction of sp³-hybridized carbons (Fsp3) is 0.222. The van der Waals surface area contributed by atoms with Crippen LogP contribution in [-0.4, -0.2) is 0 Å². The van der Waals surface area contributed by atoms with Crippen molar-refractivity contribution in [2.24, 2.45) is 0 Å². The lowest BCUT2D eigenvalue weighted by atomic mass is 9.96. The van der Waals surface area contributed by atoms with Crippen LogP contribution in [0.5, 0.6) is 0 Å². The van der Waals surface area contributed by atoms with Crippen molar-refractivity contribution in [3.05, 3.63) is 60.2 Å². The van der Waals surface area contributed by atoms with Crippen LogP contribution >= 0.6 is 0 Å². The van der Waals surface area contributed by atoms with Gasteiger partial charge < -0.3 is 0 Å². The standard InChI is InChI=1S/C18H18/c1-2-3-7-14-9-6-11-18-16-10-5-4-8-15(16)12-13-17(14)18/h4-6,8-13H,2-3,7H2,1H3. The quantitative estimate of drug-likeness (QED) is 0.537. The highest BCUT2D eigenvalue weighted by atomic mass is 14.1. The van der Waals surface area contributed by atoms with Crippen LogP contribution in [0.2, 0.25) is 0 Å². The summed E-state index contributed by atoms with van der Waals surface area (Å²) in [5, 5.41) is 5.51. The molecule has 0 nitrogen and oxygen atoms in total. The van der Waals surface area contributed by atoms with Gasteiger partial charge in [-0.3, -0.25) is 0 Å². The van der Waals surface area contributed by atoms with E-state index in [4.69, 9.17) is 0 Å². The molecule has 0 atom stereocenters. The second kappa shape index (κ2) is 4.81. The van der Waals surface area contributed by atoms with Crippen LogP contribution < -0.4 is 0 Å². The molecular weight excluding hydrogens is 216 g/mol. The topological polar surface area (TPSA) is 0 Å². The van der Waals surface area contributed by atoms with Gasteiger partial charge >= 0.3 is 0 Å². The van der Waals surface area contributed by atoms with Crippen LogP contribution in [0.15, 0.2) is 54.6 Å². The number of fused-ring (bicyclic) bond motifs is 3. The first-order chi connectivity index (χ1) is 8.90. The first kappa shape index (κ1) is 11.3. The van der Waals surface area contributed by atoms with E-state index in [-0.39, 0.29) is 0 Å². The summed E-state index contributed by atoms with van der Waals surface area (Å²) in [5.41, 5.74) is 1.49. The van der Waals surface area contributed by atoms with E-state index in [2.05, 4.69) is 61.5 Å². The van der Waals surface area contributed by atoms with Gasteiger partial charge in [0, 0.05) is 0 Å². The molecule has 0 aliphatic carbocycles. The summed E-state index contributed by atoms with van der Waals surface area (Å²) in [4.78, 5) is 0. The summed E-state index contributed by atoms with van der Waals surface area (Å²) >= 11 is 0. The fourth-order valence-electron chi connectivity index (χ4n) is 2.69. The Kier molecular flexibility index (Phi) is 3.02. The maximum atomic E-state index is 2.28. The van der Waals surface area contributed by atoms with Crippen LogP contribution in [0, 0.1) is 0 Å². The zero-order valence-electron chi connectivity index (χ0n) is 10.8. The molecule has 0 saturated heterocycles. The molecule has 3 aromatic carbocycles. The third kappa shape index (κ3) is 1.88. The summed E-state index contributed by atoms with van der Waals surface area (Å²) in [6.07, 6.45) is 3.71. The van der Waals surface area contributed by atoms with Crippen molar-refractivity contribution in [3.63, 3.8) is 0 Å². The molecule has 0 fully saturated rings. The molecular formula is C18H18. The van der Waals surface area contributed by atoms with Crippen molar-refractivity contribution < 1.29 is 0 Å². The predicted molar refractivity (Wildman–Crippen MR) is 80.1 cm³/mol. The molecule has 0 amide bonds. The van der Waals surface area contributed by atoms with Crippen LogP contribution in [0.3, 0.4) is 0 Å². The maximum absolute atomic E-state index is 2.28. The van der Waals surface area contributed by atoms with E-state index in [1.165, 1.54) is 46.4 Å². The molecule has 0 heteroatoms. The van der Waals surface area contributed by atoms with E-state index in [0.717, 1.165) is 0 Å². The number of rotatable bonds is 3. The lowest BCUT2D eigenvalue weighted by Crippen LogP contribution is -1.87. The third-order valence-corrected chi connectivity index (χ3v) is 3.68. The number of unbranched alkanes of at least 4 members (excludes halogenated alkanes) is 1. The molecule has 0 aliphatic rings. The highest BCUT2D eigenvalue weighted by Gasteiger charge is 2.03. The molecule has 3 rings (SSSR count). The van der Waals surface area contributed by atoms with Crippen LogP contribution in [0.25, 0.3) is 21.5 Å². The van der Waals surface area contributed by atoms with E-state index in [0.29, 0.717) is 0 Å². The van der Waals surface area contributed by atoms with Crippen LogP contribution in [0.1, 0.15) is 25.3 Å². The van der Waals surface area contributed by atoms with Crippen molar-refractivity contribution in [3.8, 4) is 0 Å². The maximum Gasteiger partial charge on any atom is -0.0103 e. The van der Waals surface area contributed by atoms with Crippen molar-refractivity contribution in [2.75, 3.05) is 0 Å². The van der Waals surface area contributed by atoms with Gasteiger partial charge in [0.1, 0.15) is 0 Å². The smallest absolute Gasteiger partial charge is 0.0103 e. The van der Waals surface area contributed by atoms with Gasteiger partial charge in [-0.2, -0.15) is 0 Å². The molecule has 3 aromatic rings. The van der Waals surface area contributed by atoms with Gasteiger partial charge in [-0.05, 0) is 39.9 Å². The third-order valence-electron chi connectivity index (χ3n) is 3.68. The number of hydrogen-bond donors (Lipinski definition) is 0. The first-order valence-electron chi connectivity index (χ1n) is 6.79. The summed E-state index contributed by atoms with van der Waals surface area (Å²) in [5.74, 6) is 0. The molecule has 18 heavy (non-hydrogen) atoms. The Labute approximate surface area is 108 Å². The van der Waals surface area contributed by atoms with Crippen molar-refractivity contribution in [2.45, 2.75) is 26.2 Å². The van der Waals surface area contributed by atoms with E-state index in [1.807, 2.05) is 0 Å². The van der Waals surface area contributed by atoms with Gasteiger partial charge in [-0.1, -0.05) is 67.9 Å². The van der Waals surface area contributed by atoms with Gasteiger partial charge in [-0.15, -0.1) is 0 Å². The predicted octanol–water partition coefficient (Wildman–Crippen LogP) is 5.34. The van der Waals surface area contributed by atoms with Crippen molar-refractivity contribution in [1.82, 2.24) is 0 Å². The first-order valence-corrected chi connectivity index (χ1v) is 6.79. The lowest BCUT2D eigenvalue weighted by Gasteiger charge is -2.08. The van der Waals surface area contributed by atoms with E-state index >= 15 is 0 Å². The molecule has 0 aliphatic heterocycles. The fourth-order valence-corrected chi connectivity index (χ4v) is 2.69. The van der Waals surface area contributed by atoms with Gasteiger partial charge in [-0.25, -0.2) is 0 Å². The number of hydrogen-bond acceptors (Lipinski definition) is 0. The Hall–Kier alpha value is -1.82. The summed E-state index contributed by atoms with van der Waals surface area (Å²) < 4.78 is 0.